The molecule has 0 bridgehead atoms. The number of benzene rings is 1. The summed E-state index contributed by atoms with van der Waals surface area (Å²) < 4.78 is 27.3. The summed E-state index contributed by atoms with van der Waals surface area (Å²) in [7, 11) is 0. The first-order valence-corrected chi connectivity index (χ1v) is 7.34. The van der Waals surface area contributed by atoms with Crippen molar-refractivity contribution in [3.8, 4) is 0 Å². The van der Waals surface area contributed by atoms with Crippen molar-refractivity contribution in [3.05, 3.63) is 35.4 Å². The van der Waals surface area contributed by atoms with Gasteiger partial charge in [0.1, 0.15) is 23.2 Å². The lowest BCUT2D eigenvalue weighted by atomic mass is 10.0. The van der Waals surface area contributed by atoms with Crippen LogP contribution in [0, 0.1) is 17.6 Å². The van der Waals surface area contributed by atoms with Crippen LogP contribution in [0.4, 0.5) is 8.78 Å². The second-order valence-corrected chi connectivity index (χ2v) is 6.50. The summed E-state index contributed by atoms with van der Waals surface area (Å²) in [5.74, 6) is -3.65. The van der Waals surface area contributed by atoms with E-state index in [0.29, 0.717) is 0 Å². The monoisotopic (exact) mass is 327 g/mol. The Bertz CT molecular complexity index is 563. The zero-order valence-electron chi connectivity index (χ0n) is 13.7. The van der Waals surface area contributed by atoms with Gasteiger partial charge < -0.3 is 16.4 Å². The molecule has 1 rings (SSSR count). The molecular weight excluding hydrogens is 304 g/mol. The predicted molar refractivity (Wildman–Crippen MR) is 83.7 cm³/mol. The molecule has 0 radical (unpaired) electrons. The van der Waals surface area contributed by atoms with Gasteiger partial charge in [-0.3, -0.25) is 9.59 Å². The molecule has 1 aromatic rings. The molecule has 4 N–H and O–H groups in total. The summed E-state index contributed by atoms with van der Waals surface area (Å²) >= 11 is 0. The first kappa shape index (κ1) is 19.0. The minimum Gasteiger partial charge on any atom is -0.352 e. The summed E-state index contributed by atoms with van der Waals surface area (Å²) in [4.78, 5) is 24.3. The van der Waals surface area contributed by atoms with Crippen molar-refractivity contribution < 1.29 is 18.4 Å². The van der Waals surface area contributed by atoms with E-state index < -0.39 is 40.6 Å². The van der Waals surface area contributed by atoms with Gasteiger partial charge in [0.05, 0.1) is 0 Å². The molecule has 23 heavy (non-hydrogen) atoms. The summed E-state index contributed by atoms with van der Waals surface area (Å²) in [5, 5.41) is 5.00. The molecule has 5 nitrogen and oxygen atoms in total. The van der Waals surface area contributed by atoms with Crippen LogP contribution in [0.3, 0.4) is 0 Å². The Labute approximate surface area is 134 Å². The number of carbonyl (C=O) groups excluding carboxylic acids is 2. The van der Waals surface area contributed by atoms with Crippen LogP contribution in [0.1, 0.15) is 38.1 Å². The van der Waals surface area contributed by atoms with Gasteiger partial charge in [0, 0.05) is 12.1 Å². The first-order valence-electron chi connectivity index (χ1n) is 7.34. The minimum atomic E-state index is -0.978. The highest BCUT2D eigenvalue weighted by atomic mass is 19.1. The van der Waals surface area contributed by atoms with Crippen LogP contribution in [0.15, 0.2) is 18.2 Å². The van der Waals surface area contributed by atoms with Gasteiger partial charge in [0.15, 0.2) is 0 Å². The van der Waals surface area contributed by atoms with Crippen LogP contribution < -0.4 is 16.4 Å². The van der Waals surface area contributed by atoms with Gasteiger partial charge in [-0.05, 0) is 31.9 Å². The third kappa shape index (κ3) is 5.59. The quantitative estimate of drug-likeness (QED) is 0.741. The molecule has 0 heterocycles. The number of rotatable bonds is 6. The molecule has 2 amide bonds. The van der Waals surface area contributed by atoms with E-state index in [2.05, 4.69) is 10.6 Å². The topological polar surface area (TPSA) is 84.2 Å². The molecule has 0 spiro atoms. The van der Waals surface area contributed by atoms with E-state index in [1.165, 1.54) is 0 Å². The van der Waals surface area contributed by atoms with E-state index >= 15 is 0 Å². The van der Waals surface area contributed by atoms with Crippen molar-refractivity contribution in [2.24, 2.45) is 11.7 Å². The summed E-state index contributed by atoms with van der Waals surface area (Å²) in [6.45, 7) is 7.13. The Hall–Kier alpha value is -2.02. The van der Waals surface area contributed by atoms with Crippen LogP contribution in [-0.2, 0) is 4.79 Å². The molecule has 0 aliphatic rings. The van der Waals surface area contributed by atoms with Gasteiger partial charge in [0.25, 0.3) is 5.91 Å². The van der Waals surface area contributed by atoms with Gasteiger partial charge in [-0.25, -0.2) is 8.78 Å². The highest BCUT2D eigenvalue weighted by Crippen LogP contribution is 2.13. The van der Waals surface area contributed by atoms with Crippen LogP contribution in [0.5, 0.6) is 0 Å². The van der Waals surface area contributed by atoms with E-state index in [1.54, 1.807) is 27.7 Å². The van der Waals surface area contributed by atoms with E-state index in [0.717, 1.165) is 18.2 Å². The Balaban J connectivity index is 2.88. The maximum absolute atomic E-state index is 13.6. The highest BCUT2D eigenvalue weighted by Gasteiger charge is 2.27. The number of nitrogens with one attached hydrogen (secondary N) is 2. The lowest BCUT2D eigenvalue weighted by molar-refractivity contribution is -0.124. The number of halogens is 2. The van der Waals surface area contributed by atoms with Crippen LogP contribution in [-0.4, -0.2) is 29.9 Å². The molecule has 128 valence electrons. The molecule has 7 heteroatoms. The molecule has 0 aliphatic heterocycles. The van der Waals surface area contributed by atoms with E-state index in [-0.39, 0.29) is 12.5 Å². The van der Waals surface area contributed by atoms with Crippen molar-refractivity contribution in [1.82, 2.24) is 10.6 Å². The molecule has 1 unspecified atom stereocenters. The maximum atomic E-state index is 13.6. The summed E-state index contributed by atoms with van der Waals surface area (Å²) in [5.41, 5.74) is 4.47. The van der Waals surface area contributed by atoms with Crippen molar-refractivity contribution >= 4 is 11.8 Å². The third-order valence-electron chi connectivity index (χ3n) is 3.14. The van der Waals surface area contributed by atoms with E-state index in [1.807, 2.05) is 0 Å². The number of hydrogen-bond donors (Lipinski definition) is 3. The Morgan fingerprint density at radius 3 is 2.17 bits per heavy atom. The molecule has 0 aromatic heterocycles. The number of amides is 2. The Kier molecular flexibility index (Phi) is 6.20. The van der Waals surface area contributed by atoms with E-state index in [4.69, 9.17) is 5.73 Å². The normalized spacial score (nSPS) is 12.9. The van der Waals surface area contributed by atoms with Crippen LogP contribution in [0.25, 0.3) is 0 Å². The zero-order chi connectivity index (χ0) is 17.8. The Morgan fingerprint density at radius 2 is 1.74 bits per heavy atom. The minimum absolute atomic E-state index is 0.207. The first-order chi connectivity index (χ1) is 10.5. The van der Waals surface area contributed by atoms with Crippen molar-refractivity contribution in [2.75, 3.05) is 6.54 Å². The number of carbonyl (C=O) groups is 2. The Morgan fingerprint density at radius 1 is 1.22 bits per heavy atom. The molecule has 0 saturated heterocycles. The van der Waals surface area contributed by atoms with Gasteiger partial charge in [-0.1, -0.05) is 19.9 Å². The second kappa shape index (κ2) is 7.50. The molecular formula is C16H23F2N3O2. The fourth-order valence-corrected chi connectivity index (χ4v) is 1.89. The maximum Gasteiger partial charge on any atom is 0.257 e. The number of hydrogen-bond acceptors (Lipinski definition) is 3. The SMILES string of the molecule is CC(C)C(NC(=O)c1c(F)cccc1F)C(=O)NCC(C)(C)N. The third-order valence-corrected chi connectivity index (χ3v) is 3.14. The fraction of sp³-hybridized carbons (Fsp3) is 0.500. The van der Waals surface area contributed by atoms with Crippen LogP contribution in [0.2, 0.25) is 0 Å². The average Bonchev–Trinajstić information content (AvgIpc) is 2.40. The van der Waals surface area contributed by atoms with Gasteiger partial charge in [0.2, 0.25) is 5.91 Å². The lowest BCUT2D eigenvalue weighted by Crippen LogP contribution is -2.53. The van der Waals surface area contributed by atoms with Crippen molar-refractivity contribution in [2.45, 2.75) is 39.3 Å². The zero-order valence-corrected chi connectivity index (χ0v) is 13.7. The van der Waals surface area contributed by atoms with E-state index in [9.17, 15) is 18.4 Å². The standard InChI is InChI=1S/C16H23F2N3O2/c1-9(2)13(15(23)20-8-16(3,4)19)21-14(22)12-10(17)6-5-7-11(12)18/h5-7,9,13H,8,19H2,1-4H3,(H,20,23)(H,21,22). The summed E-state index contributed by atoms with van der Waals surface area (Å²) in [6, 6.07) is 2.21. The molecule has 1 aromatic carbocycles. The van der Waals surface area contributed by atoms with Crippen LogP contribution >= 0.6 is 0 Å². The second-order valence-electron chi connectivity index (χ2n) is 6.50. The molecule has 0 aliphatic carbocycles. The molecule has 0 fully saturated rings. The largest absolute Gasteiger partial charge is 0.352 e. The highest BCUT2D eigenvalue weighted by molar-refractivity contribution is 5.98. The smallest absolute Gasteiger partial charge is 0.257 e. The van der Waals surface area contributed by atoms with Crippen molar-refractivity contribution in [1.29, 1.82) is 0 Å². The van der Waals surface area contributed by atoms with Gasteiger partial charge in [-0.2, -0.15) is 0 Å². The van der Waals surface area contributed by atoms with Crippen molar-refractivity contribution in [3.63, 3.8) is 0 Å². The lowest BCUT2D eigenvalue weighted by Gasteiger charge is -2.25. The molecule has 0 saturated carbocycles. The van der Waals surface area contributed by atoms with Gasteiger partial charge in [-0.15, -0.1) is 0 Å². The average molecular weight is 327 g/mol. The predicted octanol–water partition coefficient (Wildman–Crippen LogP) is 1.57. The molecule has 1 atom stereocenters. The number of nitrogens with two attached hydrogens (primary N) is 1. The van der Waals surface area contributed by atoms with Gasteiger partial charge >= 0.3 is 0 Å². The summed E-state index contributed by atoms with van der Waals surface area (Å²) in [6.07, 6.45) is 0. The fourth-order valence-electron chi connectivity index (χ4n) is 1.89.